The molecule has 4 nitrogen and oxygen atoms in total. The van der Waals surface area contributed by atoms with E-state index in [0.717, 1.165) is 21.3 Å². The smallest absolute Gasteiger partial charge is 0.259 e. The second-order valence-corrected chi connectivity index (χ2v) is 6.50. The highest BCUT2D eigenvalue weighted by Gasteiger charge is 2.06. The summed E-state index contributed by atoms with van der Waals surface area (Å²) >= 11 is 3.26. The van der Waals surface area contributed by atoms with Gasteiger partial charge in [0.25, 0.3) is 5.91 Å². The summed E-state index contributed by atoms with van der Waals surface area (Å²) in [5, 5.41) is 6.90. The lowest BCUT2D eigenvalue weighted by atomic mass is 10.1. The van der Waals surface area contributed by atoms with E-state index >= 15 is 0 Å². The van der Waals surface area contributed by atoms with Gasteiger partial charge in [-0.2, -0.15) is 5.10 Å². The molecule has 0 bridgehead atoms. The first kappa shape index (κ1) is 18.1. The van der Waals surface area contributed by atoms with Crippen LogP contribution in [-0.4, -0.2) is 18.7 Å². The molecule has 2 aromatic rings. The van der Waals surface area contributed by atoms with Crippen LogP contribution in [0, 0.1) is 26.6 Å². The average Bonchev–Trinajstić information content (AvgIpc) is 2.49. The number of carbonyl (C=O) groups excluding carboxylic acids is 1. The lowest BCUT2D eigenvalue weighted by Gasteiger charge is -2.13. The van der Waals surface area contributed by atoms with Crippen molar-refractivity contribution in [1.29, 1.82) is 0 Å². The van der Waals surface area contributed by atoms with E-state index in [0.29, 0.717) is 5.56 Å². The molecule has 0 heterocycles. The Morgan fingerprint density at radius 3 is 2.54 bits per heavy atom. The maximum Gasteiger partial charge on any atom is 0.259 e. The summed E-state index contributed by atoms with van der Waals surface area (Å²) < 4.78 is 14.3. The number of benzene rings is 2. The SMILES string of the molecule is Cc1cc(C)c(NCC(=O)N/N=C\c2cc(Br)ccc2F)c(C)c1. The molecule has 0 saturated heterocycles. The Morgan fingerprint density at radius 2 is 1.88 bits per heavy atom. The van der Waals surface area contributed by atoms with E-state index in [1.54, 1.807) is 12.1 Å². The minimum Gasteiger partial charge on any atom is -0.376 e. The van der Waals surface area contributed by atoms with Crippen molar-refractivity contribution in [2.24, 2.45) is 5.10 Å². The summed E-state index contributed by atoms with van der Waals surface area (Å²) in [6.07, 6.45) is 1.28. The van der Waals surface area contributed by atoms with Crippen LogP contribution in [0.2, 0.25) is 0 Å². The van der Waals surface area contributed by atoms with Crippen LogP contribution in [0.3, 0.4) is 0 Å². The van der Waals surface area contributed by atoms with Crippen molar-refractivity contribution in [2.75, 3.05) is 11.9 Å². The van der Waals surface area contributed by atoms with Crippen LogP contribution in [0.25, 0.3) is 0 Å². The van der Waals surface area contributed by atoms with Gasteiger partial charge in [0.1, 0.15) is 5.82 Å². The molecule has 6 heteroatoms. The van der Waals surface area contributed by atoms with Gasteiger partial charge in [-0.15, -0.1) is 0 Å². The van der Waals surface area contributed by atoms with Crippen LogP contribution in [0.4, 0.5) is 10.1 Å². The maximum atomic E-state index is 13.5. The number of anilines is 1. The van der Waals surface area contributed by atoms with Gasteiger partial charge >= 0.3 is 0 Å². The molecule has 2 aromatic carbocycles. The molecular formula is C18H19BrFN3O. The summed E-state index contributed by atoms with van der Waals surface area (Å²) in [5.74, 6) is -0.707. The highest BCUT2D eigenvalue weighted by molar-refractivity contribution is 9.10. The lowest BCUT2D eigenvalue weighted by molar-refractivity contribution is -0.119. The van der Waals surface area contributed by atoms with Gasteiger partial charge in [0, 0.05) is 15.7 Å². The summed E-state index contributed by atoms with van der Waals surface area (Å²) in [4.78, 5) is 11.9. The molecule has 0 aliphatic rings. The van der Waals surface area contributed by atoms with Gasteiger partial charge < -0.3 is 5.32 Å². The Labute approximate surface area is 149 Å². The third-order valence-corrected chi connectivity index (χ3v) is 3.95. The van der Waals surface area contributed by atoms with Crippen molar-refractivity contribution in [3.63, 3.8) is 0 Å². The van der Waals surface area contributed by atoms with E-state index in [-0.39, 0.29) is 12.5 Å². The second-order valence-electron chi connectivity index (χ2n) is 5.59. The molecule has 126 valence electrons. The van der Waals surface area contributed by atoms with Gasteiger partial charge in [-0.05, 0) is 50.1 Å². The van der Waals surface area contributed by atoms with Crippen LogP contribution >= 0.6 is 15.9 Å². The molecule has 0 spiro atoms. The quantitative estimate of drug-likeness (QED) is 0.595. The largest absolute Gasteiger partial charge is 0.376 e. The number of halogens is 2. The molecular weight excluding hydrogens is 373 g/mol. The van der Waals surface area contributed by atoms with E-state index < -0.39 is 5.82 Å². The minimum absolute atomic E-state index is 0.0864. The minimum atomic E-state index is -0.403. The van der Waals surface area contributed by atoms with Crippen molar-refractivity contribution < 1.29 is 9.18 Å². The zero-order valence-electron chi connectivity index (χ0n) is 13.8. The molecule has 0 unspecified atom stereocenters. The first-order valence-electron chi connectivity index (χ1n) is 7.45. The summed E-state index contributed by atoms with van der Waals surface area (Å²) in [6.45, 7) is 6.11. The Bertz CT molecular complexity index is 767. The molecule has 2 rings (SSSR count). The highest BCUT2D eigenvalue weighted by atomic mass is 79.9. The van der Waals surface area contributed by atoms with Crippen molar-refractivity contribution in [3.8, 4) is 0 Å². The first-order chi connectivity index (χ1) is 11.4. The fourth-order valence-corrected chi connectivity index (χ4v) is 2.83. The number of hydrogen-bond acceptors (Lipinski definition) is 3. The van der Waals surface area contributed by atoms with Crippen molar-refractivity contribution in [3.05, 3.63) is 62.9 Å². The Hall–Kier alpha value is -2.21. The molecule has 1 amide bonds. The van der Waals surface area contributed by atoms with Crippen molar-refractivity contribution >= 4 is 33.7 Å². The zero-order chi connectivity index (χ0) is 17.7. The number of nitrogens with one attached hydrogen (secondary N) is 2. The number of nitrogens with zero attached hydrogens (tertiary/aromatic N) is 1. The molecule has 0 aliphatic carbocycles. The monoisotopic (exact) mass is 391 g/mol. The number of hydrazone groups is 1. The van der Waals surface area contributed by atoms with Crippen LogP contribution in [0.5, 0.6) is 0 Å². The van der Waals surface area contributed by atoms with Gasteiger partial charge in [0.2, 0.25) is 0 Å². The van der Waals surface area contributed by atoms with E-state index in [1.807, 2.05) is 20.8 Å². The summed E-state index contributed by atoms with van der Waals surface area (Å²) in [5.41, 5.74) is 6.97. The Balaban J connectivity index is 1.92. The van der Waals surface area contributed by atoms with Crippen LogP contribution in [-0.2, 0) is 4.79 Å². The fourth-order valence-electron chi connectivity index (χ4n) is 2.45. The van der Waals surface area contributed by atoms with Crippen LogP contribution in [0.1, 0.15) is 22.3 Å². The Kier molecular flexibility index (Phi) is 6.09. The highest BCUT2D eigenvalue weighted by Crippen LogP contribution is 2.21. The first-order valence-corrected chi connectivity index (χ1v) is 8.25. The van der Waals surface area contributed by atoms with Gasteiger partial charge in [-0.25, -0.2) is 9.82 Å². The van der Waals surface area contributed by atoms with Crippen LogP contribution < -0.4 is 10.7 Å². The normalized spacial score (nSPS) is 10.9. The molecule has 0 aliphatic heterocycles. The van der Waals surface area contributed by atoms with Crippen molar-refractivity contribution in [1.82, 2.24) is 5.43 Å². The van der Waals surface area contributed by atoms with Gasteiger partial charge in [-0.3, -0.25) is 4.79 Å². The maximum absolute atomic E-state index is 13.5. The summed E-state index contributed by atoms with van der Waals surface area (Å²) in [7, 11) is 0. The average molecular weight is 392 g/mol. The third-order valence-electron chi connectivity index (χ3n) is 3.45. The molecule has 0 atom stereocenters. The van der Waals surface area contributed by atoms with Crippen molar-refractivity contribution in [2.45, 2.75) is 20.8 Å². The molecule has 24 heavy (non-hydrogen) atoms. The number of hydrogen-bond donors (Lipinski definition) is 2. The lowest BCUT2D eigenvalue weighted by Crippen LogP contribution is -2.26. The van der Waals surface area contributed by atoms with Gasteiger partial charge in [0.15, 0.2) is 0 Å². The Morgan fingerprint density at radius 1 is 1.21 bits per heavy atom. The predicted octanol–water partition coefficient (Wildman–Crippen LogP) is 4.08. The van der Waals surface area contributed by atoms with E-state index in [2.05, 4.69) is 43.9 Å². The van der Waals surface area contributed by atoms with Gasteiger partial charge in [0.05, 0.1) is 12.8 Å². The van der Waals surface area contributed by atoms with E-state index in [1.165, 1.54) is 17.8 Å². The third kappa shape index (κ3) is 4.89. The van der Waals surface area contributed by atoms with E-state index in [9.17, 15) is 9.18 Å². The molecule has 0 fully saturated rings. The van der Waals surface area contributed by atoms with Crippen LogP contribution in [0.15, 0.2) is 39.9 Å². The second kappa shape index (κ2) is 8.06. The molecule has 0 saturated carbocycles. The summed E-state index contributed by atoms with van der Waals surface area (Å²) in [6, 6.07) is 8.63. The topological polar surface area (TPSA) is 53.5 Å². The molecule has 2 N–H and O–H groups in total. The number of amides is 1. The molecule has 0 aromatic heterocycles. The zero-order valence-corrected chi connectivity index (χ0v) is 15.4. The predicted molar refractivity (Wildman–Crippen MR) is 99.0 cm³/mol. The number of rotatable bonds is 5. The number of carbonyl (C=O) groups is 1. The number of aryl methyl sites for hydroxylation is 3. The van der Waals surface area contributed by atoms with E-state index in [4.69, 9.17) is 0 Å². The standard InChI is InChI=1S/C18H19BrFN3O/c1-11-6-12(2)18(13(3)7-11)21-10-17(24)23-22-9-14-8-15(19)4-5-16(14)20/h4-9,21H,10H2,1-3H3,(H,23,24)/b22-9-. The fraction of sp³-hybridized carbons (Fsp3) is 0.222. The molecule has 0 radical (unpaired) electrons. The van der Waals surface area contributed by atoms with Gasteiger partial charge in [-0.1, -0.05) is 33.6 Å².